The number of halogens is 2. The van der Waals surface area contributed by atoms with Crippen LogP contribution in [0.1, 0.15) is 22.3 Å². The zero-order valence-electron chi connectivity index (χ0n) is 17.9. The fraction of sp³-hybridized carbons (Fsp3) is 0.217. The van der Waals surface area contributed by atoms with Crippen molar-refractivity contribution in [2.24, 2.45) is 7.05 Å². The number of sulfone groups is 1. The molecule has 7 nitrogen and oxygen atoms in total. The van der Waals surface area contributed by atoms with Crippen LogP contribution in [0.15, 0.2) is 58.2 Å². The normalized spacial score (nSPS) is 11.4. The Labute approximate surface area is 201 Å². The summed E-state index contributed by atoms with van der Waals surface area (Å²) >= 11 is 11.9. The van der Waals surface area contributed by atoms with E-state index in [0.717, 1.165) is 11.8 Å². The Morgan fingerprint density at radius 1 is 1.06 bits per heavy atom. The van der Waals surface area contributed by atoms with E-state index in [4.69, 9.17) is 23.2 Å². The van der Waals surface area contributed by atoms with Gasteiger partial charge in [0.15, 0.2) is 15.6 Å². The van der Waals surface area contributed by atoms with Crippen molar-refractivity contribution < 1.29 is 18.3 Å². The SMILES string of the molecule is Cn1c(-c2ccc(S(C)(=O)=O)cc2)cc(C(=O)NCCCc2ccc(Cl)c(Cl)c2)c(O)c1=O. The lowest BCUT2D eigenvalue weighted by molar-refractivity contribution is 0.0950. The van der Waals surface area contributed by atoms with Gasteiger partial charge < -0.3 is 15.0 Å². The van der Waals surface area contributed by atoms with Crippen molar-refractivity contribution in [2.45, 2.75) is 17.7 Å². The molecule has 0 unspecified atom stereocenters. The second-order valence-electron chi connectivity index (χ2n) is 7.56. The van der Waals surface area contributed by atoms with E-state index in [0.29, 0.717) is 40.7 Å². The van der Waals surface area contributed by atoms with E-state index >= 15 is 0 Å². The molecule has 0 aliphatic rings. The zero-order valence-corrected chi connectivity index (χ0v) is 20.3. The summed E-state index contributed by atoms with van der Waals surface area (Å²) in [6, 6.07) is 12.7. The van der Waals surface area contributed by atoms with Crippen molar-refractivity contribution in [1.29, 1.82) is 0 Å². The fourth-order valence-corrected chi connectivity index (χ4v) is 4.24. The van der Waals surface area contributed by atoms with Gasteiger partial charge in [0.25, 0.3) is 11.5 Å². The van der Waals surface area contributed by atoms with Gasteiger partial charge in [-0.05, 0) is 54.3 Å². The van der Waals surface area contributed by atoms with Crippen LogP contribution in [0, 0.1) is 0 Å². The van der Waals surface area contributed by atoms with Gasteiger partial charge in [-0.15, -0.1) is 0 Å². The maximum atomic E-state index is 12.7. The van der Waals surface area contributed by atoms with Crippen LogP contribution < -0.4 is 10.9 Å². The van der Waals surface area contributed by atoms with Crippen LogP contribution in [-0.2, 0) is 23.3 Å². The van der Waals surface area contributed by atoms with E-state index in [1.165, 1.54) is 29.8 Å². The summed E-state index contributed by atoms with van der Waals surface area (Å²) in [5, 5.41) is 13.9. The highest BCUT2D eigenvalue weighted by atomic mass is 35.5. The van der Waals surface area contributed by atoms with E-state index < -0.39 is 27.1 Å². The van der Waals surface area contributed by atoms with Crippen molar-refractivity contribution in [3.8, 4) is 17.0 Å². The summed E-state index contributed by atoms with van der Waals surface area (Å²) in [5.74, 6) is -1.25. The number of benzene rings is 2. The average Bonchev–Trinajstić information content (AvgIpc) is 2.77. The highest BCUT2D eigenvalue weighted by Gasteiger charge is 2.19. The Kier molecular flexibility index (Phi) is 7.51. The predicted octanol–water partition coefficient (Wildman–Crippen LogP) is 3.83. The van der Waals surface area contributed by atoms with E-state index in [1.54, 1.807) is 24.3 Å². The summed E-state index contributed by atoms with van der Waals surface area (Å²) < 4.78 is 24.6. The van der Waals surface area contributed by atoms with Crippen molar-refractivity contribution in [1.82, 2.24) is 9.88 Å². The number of hydrogen-bond donors (Lipinski definition) is 2. The Balaban J connectivity index is 1.77. The number of nitrogens with one attached hydrogen (secondary N) is 1. The van der Waals surface area contributed by atoms with E-state index in [2.05, 4.69) is 5.32 Å². The molecule has 3 rings (SSSR count). The predicted molar refractivity (Wildman–Crippen MR) is 129 cm³/mol. The first kappa shape index (κ1) is 24.8. The average molecular weight is 509 g/mol. The van der Waals surface area contributed by atoms with Gasteiger partial charge in [-0.1, -0.05) is 41.4 Å². The Morgan fingerprint density at radius 2 is 1.73 bits per heavy atom. The van der Waals surface area contributed by atoms with Gasteiger partial charge in [-0.2, -0.15) is 0 Å². The molecule has 0 bridgehead atoms. The molecule has 10 heteroatoms. The van der Waals surface area contributed by atoms with Crippen LogP contribution in [0.2, 0.25) is 10.0 Å². The molecule has 1 heterocycles. The van der Waals surface area contributed by atoms with Crippen LogP contribution in [0.4, 0.5) is 0 Å². The number of pyridine rings is 1. The quantitative estimate of drug-likeness (QED) is 0.471. The standard InChI is InChI=1S/C23H22Cl2N2O5S/c1-27-20(15-6-8-16(9-7-15)33(2,31)32)13-17(21(28)23(27)30)22(29)26-11-3-4-14-5-10-18(24)19(25)12-14/h5-10,12-13,28H,3-4,11H2,1-2H3,(H,26,29). The van der Waals surface area contributed by atoms with Crippen LogP contribution in [0.25, 0.3) is 11.3 Å². The van der Waals surface area contributed by atoms with Gasteiger partial charge in [0.2, 0.25) is 0 Å². The summed E-state index contributed by atoms with van der Waals surface area (Å²) in [7, 11) is -1.91. The Morgan fingerprint density at radius 3 is 2.33 bits per heavy atom. The lowest BCUT2D eigenvalue weighted by atomic mass is 10.1. The minimum absolute atomic E-state index is 0.134. The summed E-state index contributed by atoms with van der Waals surface area (Å²) in [5.41, 5.74) is 0.958. The molecule has 1 amide bonds. The van der Waals surface area contributed by atoms with Gasteiger partial charge >= 0.3 is 0 Å². The zero-order chi connectivity index (χ0) is 24.3. The number of rotatable bonds is 7. The van der Waals surface area contributed by atoms with Crippen molar-refractivity contribution in [2.75, 3.05) is 12.8 Å². The van der Waals surface area contributed by atoms with Crippen LogP contribution >= 0.6 is 23.2 Å². The van der Waals surface area contributed by atoms with Gasteiger partial charge in [-0.3, -0.25) is 9.59 Å². The molecule has 0 aliphatic heterocycles. The van der Waals surface area contributed by atoms with E-state index in [-0.39, 0.29) is 10.5 Å². The van der Waals surface area contributed by atoms with E-state index in [1.807, 2.05) is 6.07 Å². The molecule has 0 radical (unpaired) electrons. The second-order valence-corrected chi connectivity index (χ2v) is 10.4. The van der Waals surface area contributed by atoms with Crippen molar-refractivity contribution >= 4 is 38.9 Å². The third-order valence-electron chi connectivity index (χ3n) is 5.14. The molecule has 0 fully saturated rings. The first-order valence-corrected chi connectivity index (χ1v) is 12.6. The molecule has 1 aromatic heterocycles. The number of carbonyl (C=O) groups is 1. The van der Waals surface area contributed by atoms with Crippen molar-refractivity contribution in [3.05, 3.63) is 80.1 Å². The number of nitrogens with zero attached hydrogens (tertiary/aromatic N) is 1. The topological polar surface area (TPSA) is 105 Å². The molecule has 174 valence electrons. The summed E-state index contributed by atoms with van der Waals surface area (Å²) in [6.07, 6.45) is 2.36. The lowest BCUT2D eigenvalue weighted by Crippen LogP contribution is -2.28. The third-order valence-corrected chi connectivity index (χ3v) is 7.01. The number of aromatic nitrogens is 1. The highest BCUT2D eigenvalue weighted by molar-refractivity contribution is 7.90. The Hall–Kier alpha value is -2.81. The van der Waals surface area contributed by atoms with Gasteiger partial charge in [0, 0.05) is 19.8 Å². The first-order chi connectivity index (χ1) is 15.5. The molecular weight excluding hydrogens is 487 g/mol. The maximum absolute atomic E-state index is 12.7. The van der Waals surface area contributed by atoms with Crippen molar-refractivity contribution in [3.63, 3.8) is 0 Å². The number of aromatic hydroxyl groups is 1. The highest BCUT2D eigenvalue weighted by Crippen LogP contribution is 2.25. The number of amides is 1. The lowest BCUT2D eigenvalue weighted by Gasteiger charge is -2.13. The van der Waals surface area contributed by atoms with Crippen LogP contribution in [0.3, 0.4) is 0 Å². The molecule has 0 saturated carbocycles. The second kappa shape index (κ2) is 9.99. The number of hydrogen-bond acceptors (Lipinski definition) is 5. The largest absolute Gasteiger partial charge is 0.502 e. The van der Waals surface area contributed by atoms with Crippen LogP contribution in [0.5, 0.6) is 5.75 Å². The Bertz CT molecular complexity index is 1370. The fourth-order valence-electron chi connectivity index (χ4n) is 3.29. The van der Waals surface area contributed by atoms with Gasteiger partial charge in [0.05, 0.1) is 26.2 Å². The molecule has 33 heavy (non-hydrogen) atoms. The van der Waals surface area contributed by atoms with Crippen LogP contribution in [-0.4, -0.2) is 36.8 Å². The molecule has 0 aliphatic carbocycles. The van der Waals surface area contributed by atoms with Gasteiger partial charge in [0.1, 0.15) is 0 Å². The first-order valence-electron chi connectivity index (χ1n) is 9.94. The molecule has 0 saturated heterocycles. The minimum atomic E-state index is -3.37. The molecular formula is C23H22Cl2N2O5S. The molecule has 0 atom stereocenters. The summed E-state index contributed by atoms with van der Waals surface area (Å²) in [6.45, 7) is 0.312. The minimum Gasteiger partial charge on any atom is -0.502 e. The van der Waals surface area contributed by atoms with E-state index in [9.17, 15) is 23.1 Å². The molecule has 2 N–H and O–H groups in total. The van der Waals surface area contributed by atoms with Gasteiger partial charge in [-0.25, -0.2) is 8.42 Å². The molecule has 2 aromatic carbocycles. The summed E-state index contributed by atoms with van der Waals surface area (Å²) in [4.78, 5) is 25.3. The molecule has 3 aromatic rings. The monoisotopic (exact) mass is 508 g/mol. The smallest absolute Gasteiger partial charge is 0.293 e. The third kappa shape index (κ3) is 5.76. The number of aryl methyl sites for hydroxylation is 1. The molecule has 0 spiro atoms. The number of carbonyl (C=O) groups excluding carboxylic acids is 1. The maximum Gasteiger partial charge on any atom is 0.293 e.